The highest BCUT2D eigenvalue weighted by Crippen LogP contribution is 2.41. The van der Waals surface area contributed by atoms with Gasteiger partial charge < -0.3 is 19.2 Å². The van der Waals surface area contributed by atoms with Crippen LogP contribution in [0, 0.1) is 6.92 Å². The molecule has 0 radical (unpaired) electrons. The molecule has 1 amide bonds. The molecule has 0 bridgehead atoms. The molecule has 1 aliphatic rings. The van der Waals surface area contributed by atoms with E-state index in [4.69, 9.17) is 13.9 Å². The zero-order valence-electron chi connectivity index (χ0n) is 19.3. The van der Waals surface area contributed by atoms with E-state index in [-0.39, 0.29) is 5.91 Å². The van der Waals surface area contributed by atoms with Crippen molar-refractivity contribution in [2.45, 2.75) is 53.4 Å². The maximum absolute atomic E-state index is 12.7. The summed E-state index contributed by atoms with van der Waals surface area (Å²) in [5.74, 6) is 2.49. The van der Waals surface area contributed by atoms with Gasteiger partial charge in [-0.05, 0) is 82.9 Å². The van der Waals surface area contributed by atoms with Gasteiger partial charge in [0.2, 0.25) is 5.91 Å². The predicted molar refractivity (Wildman–Crippen MR) is 129 cm³/mol. The smallest absolute Gasteiger partial charge is 0.248 e. The molecule has 1 heterocycles. The number of hydrogen-bond donors (Lipinski definition) is 1. The molecule has 1 aliphatic carbocycles. The molecule has 32 heavy (non-hydrogen) atoms. The van der Waals surface area contributed by atoms with Crippen molar-refractivity contribution in [1.29, 1.82) is 0 Å². The van der Waals surface area contributed by atoms with E-state index in [0.29, 0.717) is 13.2 Å². The lowest BCUT2D eigenvalue weighted by Gasteiger charge is -2.15. The van der Waals surface area contributed by atoms with Gasteiger partial charge in [0.1, 0.15) is 22.8 Å². The fraction of sp³-hybridized carbons (Fsp3) is 0.370. The summed E-state index contributed by atoms with van der Waals surface area (Å²) in [6.07, 6.45) is 6.01. The third-order valence-electron chi connectivity index (χ3n) is 5.92. The largest absolute Gasteiger partial charge is 0.494 e. The highest BCUT2D eigenvalue weighted by atomic mass is 16.5. The number of aryl methyl sites for hydroxylation is 3. The van der Waals surface area contributed by atoms with Crippen LogP contribution in [0.4, 0.5) is 5.69 Å². The van der Waals surface area contributed by atoms with E-state index in [2.05, 4.69) is 11.4 Å². The number of ether oxygens (including phenoxy) is 2. The number of benzene rings is 2. The number of hydrogen-bond acceptors (Lipinski definition) is 4. The lowest BCUT2D eigenvalue weighted by molar-refractivity contribution is -0.111. The van der Waals surface area contributed by atoms with Crippen molar-refractivity contribution in [3.05, 3.63) is 58.9 Å². The van der Waals surface area contributed by atoms with Gasteiger partial charge in [0.05, 0.1) is 13.2 Å². The van der Waals surface area contributed by atoms with E-state index in [1.807, 2.05) is 52.0 Å². The number of fused-ring (bicyclic) bond motifs is 3. The second-order valence-electron chi connectivity index (χ2n) is 8.17. The van der Waals surface area contributed by atoms with Crippen LogP contribution < -0.4 is 14.8 Å². The topological polar surface area (TPSA) is 60.7 Å². The van der Waals surface area contributed by atoms with E-state index in [1.165, 1.54) is 18.4 Å². The van der Waals surface area contributed by atoms with Crippen LogP contribution in [-0.2, 0) is 17.6 Å². The molecule has 3 aromatic rings. The molecule has 0 atom stereocenters. The Bertz CT molecular complexity index is 1150. The van der Waals surface area contributed by atoms with Crippen molar-refractivity contribution < 1.29 is 18.7 Å². The summed E-state index contributed by atoms with van der Waals surface area (Å²) in [7, 11) is 0. The average molecular weight is 434 g/mol. The summed E-state index contributed by atoms with van der Waals surface area (Å²) in [6, 6.07) is 9.51. The predicted octanol–water partition coefficient (Wildman–Crippen LogP) is 6.46. The second-order valence-corrected chi connectivity index (χ2v) is 8.17. The molecule has 0 saturated carbocycles. The number of rotatable bonds is 7. The Morgan fingerprint density at radius 3 is 2.53 bits per heavy atom. The first-order valence-corrected chi connectivity index (χ1v) is 11.4. The molecular formula is C27H31NO4. The summed E-state index contributed by atoms with van der Waals surface area (Å²) in [5.41, 5.74) is 5.73. The zero-order chi connectivity index (χ0) is 22.7. The van der Waals surface area contributed by atoms with Gasteiger partial charge in [0, 0.05) is 40.3 Å². The van der Waals surface area contributed by atoms with Gasteiger partial charge in [0.25, 0.3) is 0 Å². The quantitative estimate of drug-likeness (QED) is 0.434. The molecule has 168 valence electrons. The number of anilines is 1. The molecule has 5 heteroatoms. The summed E-state index contributed by atoms with van der Waals surface area (Å²) in [5, 5.41) is 4.08. The summed E-state index contributed by atoms with van der Waals surface area (Å²) >= 11 is 0. The van der Waals surface area contributed by atoms with E-state index in [9.17, 15) is 4.79 Å². The van der Waals surface area contributed by atoms with Crippen molar-refractivity contribution in [3.63, 3.8) is 0 Å². The van der Waals surface area contributed by atoms with Crippen LogP contribution >= 0.6 is 0 Å². The molecule has 0 aliphatic heterocycles. The lowest BCUT2D eigenvalue weighted by atomic mass is 9.93. The fourth-order valence-corrected chi connectivity index (χ4v) is 4.41. The second kappa shape index (κ2) is 9.51. The van der Waals surface area contributed by atoms with Gasteiger partial charge in [0.15, 0.2) is 0 Å². The van der Waals surface area contributed by atoms with Gasteiger partial charge in [-0.1, -0.05) is 0 Å². The molecule has 4 rings (SSSR count). The van der Waals surface area contributed by atoms with Crippen LogP contribution in [0.3, 0.4) is 0 Å². The molecule has 1 aromatic heterocycles. The lowest BCUT2D eigenvalue weighted by Crippen LogP contribution is -2.09. The molecule has 0 saturated heterocycles. The highest BCUT2D eigenvalue weighted by molar-refractivity contribution is 6.05. The number of carbonyl (C=O) groups is 1. The van der Waals surface area contributed by atoms with Gasteiger partial charge >= 0.3 is 0 Å². The third-order valence-corrected chi connectivity index (χ3v) is 5.92. The van der Waals surface area contributed by atoms with Crippen molar-refractivity contribution in [1.82, 2.24) is 0 Å². The van der Waals surface area contributed by atoms with E-state index < -0.39 is 0 Å². The molecule has 0 unspecified atom stereocenters. The maximum atomic E-state index is 12.7. The fourth-order valence-electron chi connectivity index (χ4n) is 4.41. The van der Waals surface area contributed by atoms with Gasteiger partial charge in [-0.2, -0.15) is 0 Å². The standard InChI is InChI=1S/C27H31NO4/c1-5-30-20-13-11-19(12-14-20)28-25(29)15-17(3)22-16-23-21-9-7-8-10-24(21)32-27(23)18(4)26(22)31-6-2/h11-16H,5-10H2,1-4H3,(H,28,29)/b17-15+. The minimum Gasteiger partial charge on any atom is -0.494 e. The first-order valence-electron chi connectivity index (χ1n) is 11.4. The van der Waals surface area contributed by atoms with Gasteiger partial charge in [-0.15, -0.1) is 0 Å². The molecule has 2 aromatic carbocycles. The number of allylic oxidation sites excluding steroid dienone is 1. The van der Waals surface area contributed by atoms with E-state index in [0.717, 1.165) is 63.5 Å². The van der Waals surface area contributed by atoms with Crippen molar-refractivity contribution >= 4 is 28.1 Å². The zero-order valence-corrected chi connectivity index (χ0v) is 19.3. The monoisotopic (exact) mass is 433 g/mol. The first-order chi connectivity index (χ1) is 15.5. The summed E-state index contributed by atoms with van der Waals surface area (Å²) < 4.78 is 17.7. The number of furan rings is 1. The third kappa shape index (κ3) is 4.38. The average Bonchev–Trinajstić information content (AvgIpc) is 3.16. The molecule has 0 spiro atoms. The minimum absolute atomic E-state index is 0.180. The molecule has 1 N–H and O–H groups in total. The van der Waals surface area contributed by atoms with E-state index >= 15 is 0 Å². The Labute approximate surface area is 189 Å². The van der Waals surface area contributed by atoms with Crippen molar-refractivity contribution in [3.8, 4) is 11.5 Å². The van der Waals surface area contributed by atoms with Crippen LogP contribution in [0.1, 0.15) is 56.1 Å². The Morgan fingerprint density at radius 1 is 1.09 bits per heavy atom. The Morgan fingerprint density at radius 2 is 1.81 bits per heavy atom. The van der Waals surface area contributed by atoms with Crippen LogP contribution in [0.15, 0.2) is 40.8 Å². The maximum Gasteiger partial charge on any atom is 0.248 e. The Hall–Kier alpha value is -3.21. The van der Waals surface area contributed by atoms with E-state index in [1.54, 1.807) is 6.08 Å². The number of amides is 1. The van der Waals surface area contributed by atoms with Crippen LogP contribution in [-0.4, -0.2) is 19.1 Å². The van der Waals surface area contributed by atoms with Gasteiger partial charge in [-0.25, -0.2) is 0 Å². The molecule has 0 fully saturated rings. The SMILES string of the molecule is CCOc1ccc(NC(=O)/C=C(\C)c2cc3c4c(oc3c(C)c2OCC)CCCC4)cc1. The number of nitrogens with one attached hydrogen (secondary N) is 1. The Kier molecular flexibility index (Phi) is 6.54. The van der Waals surface area contributed by atoms with Crippen molar-refractivity contribution in [2.75, 3.05) is 18.5 Å². The minimum atomic E-state index is -0.180. The van der Waals surface area contributed by atoms with Gasteiger partial charge in [-0.3, -0.25) is 4.79 Å². The Balaban J connectivity index is 1.66. The van der Waals surface area contributed by atoms with Crippen molar-refractivity contribution in [2.24, 2.45) is 0 Å². The first kappa shape index (κ1) is 22.0. The molecular weight excluding hydrogens is 402 g/mol. The normalized spacial score (nSPS) is 13.7. The number of carbonyl (C=O) groups excluding carboxylic acids is 1. The molecule has 5 nitrogen and oxygen atoms in total. The summed E-state index contributed by atoms with van der Waals surface area (Å²) in [4.78, 5) is 12.7. The van der Waals surface area contributed by atoms with Crippen LogP contribution in [0.25, 0.3) is 16.5 Å². The summed E-state index contributed by atoms with van der Waals surface area (Å²) in [6.45, 7) is 9.06. The van der Waals surface area contributed by atoms with Crippen LogP contribution in [0.5, 0.6) is 11.5 Å². The van der Waals surface area contributed by atoms with Crippen LogP contribution in [0.2, 0.25) is 0 Å². The highest BCUT2D eigenvalue weighted by Gasteiger charge is 2.23.